The number of ether oxygens (including phenoxy) is 2. The van der Waals surface area contributed by atoms with Crippen molar-refractivity contribution in [2.24, 2.45) is 4.99 Å². The van der Waals surface area contributed by atoms with E-state index in [0.717, 1.165) is 5.56 Å². The largest absolute Gasteiger partial charge is 0.465 e. The van der Waals surface area contributed by atoms with Crippen molar-refractivity contribution in [3.63, 3.8) is 0 Å². The number of aliphatic imine (C=N–C) groups is 1. The number of carbonyl (C=O) groups excluding carboxylic acids is 1. The summed E-state index contributed by atoms with van der Waals surface area (Å²) >= 11 is 0. The van der Waals surface area contributed by atoms with E-state index in [-0.39, 0.29) is 12.0 Å². The molecular formula is C14H17NO3. The van der Waals surface area contributed by atoms with Crippen molar-refractivity contribution < 1.29 is 14.3 Å². The lowest BCUT2D eigenvalue weighted by Crippen LogP contribution is -2.32. The molecule has 96 valence electrons. The monoisotopic (exact) mass is 247 g/mol. The summed E-state index contributed by atoms with van der Waals surface area (Å²) in [5, 5.41) is 0. The first-order chi connectivity index (χ1) is 8.81. The van der Waals surface area contributed by atoms with Gasteiger partial charge < -0.3 is 9.47 Å². The van der Waals surface area contributed by atoms with Gasteiger partial charge in [0.25, 0.3) is 0 Å². The lowest BCUT2D eigenvalue weighted by Gasteiger charge is -2.22. The number of benzene rings is 1. The minimum atomic E-state index is -0.424. The van der Waals surface area contributed by atoms with Gasteiger partial charge in [0.2, 0.25) is 0 Å². The number of carbonyl (C=O) groups is 1. The van der Waals surface area contributed by atoms with Crippen LogP contribution in [0.1, 0.15) is 18.4 Å². The predicted molar refractivity (Wildman–Crippen MR) is 68.9 cm³/mol. The zero-order valence-corrected chi connectivity index (χ0v) is 10.4. The molecule has 1 aliphatic rings. The summed E-state index contributed by atoms with van der Waals surface area (Å²) in [5.74, 6) is -0.681. The number of esters is 1. The molecule has 1 saturated heterocycles. The molecule has 18 heavy (non-hydrogen) atoms. The lowest BCUT2D eigenvalue weighted by atomic mass is 10.0. The first-order valence-corrected chi connectivity index (χ1v) is 6.14. The molecule has 4 heteroatoms. The molecule has 1 fully saturated rings. The van der Waals surface area contributed by atoms with Crippen molar-refractivity contribution >= 4 is 12.2 Å². The fraction of sp³-hybridized carbons (Fsp3) is 0.429. The van der Waals surface area contributed by atoms with Gasteiger partial charge in [0.05, 0.1) is 25.9 Å². The van der Waals surface area contributed by atoms with Crippen LogP contribution in [0.5, 0.6) is 0 Å². The molecule has 2 rings (SSSR count). The maximum Gasteiger partial charge on any atom is 0.318 e. The van der Waals surface area contributed by atoms with Crippen LogP contribution in [0, 0.1) is 0 Å². The normalized spacial score (nSPS) is 17.4. The van der Waals surface area contributed by atoms with Crippen LogP contribution in [0.4, 0.5) is 0 Å². The highest BCUT2D eigenvalue weighted by atomic mass is 16.5. The SMILES string of the molecule is CCOC(=O)C(C=NC1COC1)c1ccccc1. The van der Waals surface area contributed by atoms with E-state index < -0.39 is 5.92 Å². The van der Waals surface area contributed by atoms with E-state index in [2.05, 4.69) is 4.99 Å². The minimum absolute atomic E-state index is 0.186. The van der Waals surface area contributed by atoms with E-state index in [0.29, 0.717) is 19.8 Å². The molecule has 0 N–H and O–H groups in total. The summed E-state index contributed by atoms with van der Waals surface area (Å²) < 4.78 is 10.1. The first kappa shape index (κ1) is 12.8. The molecule has 1 atom stereocenters. The highest BCUT2D eigenvalue weighted by Gasteiger charge is 2.22. The molecule has 0 spiro atoms. The standard InChI is InChI=1S/C14H17NO3/c1-2-18-14(16)13(8-15-12-9-17-10-12)11-6-4-3-5-7-11/h3-8,12-13H,2,9-10H2,1H3. The number of nitrogens with zero attached hydrogens (tertiary/aromatic N) is 1. The van der Waals surface area contributed by atoms with Crippen molar-refractivity contribution in [2.45, 2.75) is 18.9 Å². The predicted octanol–water partition coefficient (Wildman–Crippen LogP) is 1.80. The maximum absolute atomic E-state index is 11.9. The second kappa shape index (κ2) is 6.31. The third-order valence-electron chi connectivity index (χ3n) is 2.77. The van der Waals surface area contributed by atoms with Gasteiger partial charge in [-0.1, -0.05) is 30.3 Å². The Bertz CT molecular complexity index is 412. The summed E-state index contributed by atoms with van der Waals surface area (Å²) in [4.78, 5) is 16.3. The van der Waals surface area contributed by atoms with Gasteiger partial charge in [-0.25, -0.2) is 0 Å². The molecule has 0 aliphatic carbocycles. The van der Waals surface area contributed by atoms with Gasteiger partial charge in [-0.2, -0.15) is 0 Å². The van der Waals surface area contributed by atoms with E-state index in [1.807, 2.05) is 30.3 Å². The Labute approximate surface area is 107 Å². The molecule has 1 heterocycles. The van der Waals surface area contributed by atoms with Gasteiger partial charge >= 0.3 is 5.97 Å². The van der Waals surface area contributed by atoms with Crippen molar-refractivity contribution in [1.82, 2.24) is 0 Å². The molecule has 1 aromatic rings. The van der Waals surface area contributed by atoms with Crippen LogP contribution in [0.15, 0.2) is 35.3 Å². The molecule has 4 nitrogen and oxygen atoms in total. The smallest absolute Gasteiger partial charge is 0.318 e. The summed E-state index contributed by atoms with van der Waals surface area (Å²) in [5.41, 5.74) is 0.903. The minimum Gasteiger partial charge on any atom is -0.465 e. The number of hydrogen-bond acceptors (Lipinski definition) is 4. The van der Waals surface area contributed by atoms with E-state index in [4.69, 9.17) is 9.47 Å². The Morgan fingerprint density at radius 1 is 1.50 bits per heavy atom. The van der Waals surface area contributed by atoms with Crippen molar-refractivity contribution in [1.29, 1.82) is 0 Å². The van der Waals surface area contributed by atoms with Crippen LogP contribution < -0.4 is 0 Å². The van der Waals surface area contributed by atoms with Crippen LogP contribution in [0.25, 0.3) is 0 Å². The highest BCUT2D eigenvalue weighted by molar-refractivity contribution is 5.96. The fourth-order valence-corrected chi connectivity index (χ4v) is 1.69. The first-order valence-electron chi connectivity index (χ1n) is 6.14. The van der Waals surface area contributed by atoms with Crippen molar-refractivity contribution in [3.05, 3.63) is 35.9 Å². The van der Waals surface area contributed by atoms with Crippen LogP contribution in [-0.2, 0) is 14.3 Å². The second-order valence-corrected chi connectivity index (χ2v) is 4.13. The molecule has 0 bridgehead atoms. The van der Waals surface area contributed by atoms with E-state index in [1.54, 1.807) is 13.1 Å². The van der Waals surface area contributed by atoms with Crippen LogP contribution in [0.2, 0.25) is 0 Å². The topological polar surface area (TPSA) is 47.9 Å². The molecule has 0 saturated carbocycles. The van der Waals surface area contributed by atoms with E-state index in [1.165, 1.54) is 0 Å². The molecule has 1 aliphatic heterocycles. The average molecular weight is 247 g/mol. The molecule has 0 radical (unpaired) electrons. The van der Waals surface area contributed by atoms with Crippen LogP contribution in [-0.4, -0.2) is 38.0 Å². The third-order valence-corrected chi connectivity index (χ3v) is 2.77. The zero-order chi connectivity index (χ0) is 12.8. The molecular weight excluding hydrogens is 230 g/mol. The average Bonchev–Trinajstić information content (AvgIpc) is 2.33. The number of hydrogen-bond donors (Lipinski definition) is 0. The molecule has 0 aromatic heterocycles. The molecule has 1 aromatic carbocycles. The Kier molecular flexibility index (Phi) is 4.47. The van der Waals surface area contributed by atoms with Gasteiger partial charge in [-0.05, 0) is 12.5 Å². The second-order valence-electron chi connectivity index (χ2n) is 4.13. The van der Waals surface area contributed by atoms with Crippen molar-refractivity contribution in [2.75, 3.05) is 19.8 Å². The Balaban J connectivity index is 2.11. The van der Waals surface area contributed by atoms with Gasteiger partial charge in [-0.15, -0.1) is 0 Å². The highest BCUT2D eigenvalue weighted by Crippen LogP contribution is 2.16. The van der Waals surface area contributed by atoms with Crippen molar-refractivity contribution in [3.8, 4) is 0 Å². The van der Waals surface area contributed by atoms with Gasteiger partial charge in [-0.3, -0.25) is 9.79 Å². The summed E-state index contributed by atoms with van der Waals surface area (Å²) in [7, 11) is 0. The van der Waals surface area contributed by atoms with Gasteiger partial charge in [0, 0.05) is 6.21 Å². The van der Waals surface area contributed by atoms with Crippen LogP contribution in [0.3, 0.4) is 0 Å². The summed E-state index contributed by atoms with van der Waals surface area (Å²) in [6.45, 7) is 3.46. The van der Waals surface area contributed by atoms with Gasteiger partial charge in [0.15, 0.2) is 0 Å². The molecule has 1 unspecified atom stereocenters. The Morgan fingerprint density at radius 3 is 2.78 bits per heavy atom. The Morgan fingerprint density at radius 2 is 2.22 bits per heavy atom. The Hall–Kier alpha value is -1.68. The van der Waals surface area contributed by atoms with E-state index in [9.17, 15) is 4.79 Å². The fourth-order valence-electron chi connectivity index (χ4n) is 1.69. The number of rotatable bonds is 5. The van der Waals surface area contributed by atoms with Crippen LogP contribution >= 0.6 is 0 Å². The third kappa shape index (κ3) is 3.17. The summed E-state index contributed by atoms with van der Waals surface area (Å²) in [6, 6.07) is 9.73. The van der Waals surface area contributed by atoms with E-state index >= 15 is 0 Å². The lowest BCUT2D eigenvalue weighted by molar-refractivity contribution is -0.143. The zero-order valence-electron chi connectivity index (χ0n) is 10.4. The quantitative estimate of drug-likeness (QED) is 0.589. The molecule has 0 amide bonds. The summed E-state index contributed by atoms with van der Waals surface area (Å²) in [6.07, 6.45) is 1.68. The van der Waals surface area contributed by atoms with Gasteiger partial charge in [0.1, 0.15) is 5.92 Å². The maximum atomic E-state index is 11.9.